The lowest BCUT2D eigenvalue weighted by Gasteiger charge is -2.31. The van der Waals surface area contributed by atoms with Crippen molar-refractivity contribution in [3.05, 3.63) is 56.9 Å². The Hall–Kier alpha value is -1.99. The zero-order valence-electron chi connectivity index (χ0n) is 14.0. The highest BCUT2D eigenvalue weighted by molar-refractivity contribution is 9.10. The van der Waals surface area contributed by atoms with Crippen molar-refractivity contribution < 1.29 is 4.52 Å². The minimum absolute atomic E-state index is 0.0537. The third-order valence-electron chi connectivity index (χ3n) is 4.78. The van der Waals surface area contributed by atoms with Gasteiger partial charge in [-0.2, -0.15) is 4.98 Å². The fourth-order valence-electron chi connectivity index (χ4n) is 3.46. The van der Waals surface area contributed by atoms with Crippen LogP contribution in [0.15, 0.2) is 44.3 Å². The van der Waals surface area contributed by atoms with Crippen LogP contribution >= 0.6 is 15.9 Å². The first-order valence-electron chi connectivity index (χ1n) is 8.42. The van der Waals surface area contributed by atoms with Crippen LogP contribution in [0, 0.1) is 6.92 Å². The number of fused-ring (bicyclic) bond motifs is 1. The molecule has 0 N–H and O–H groups in total. The molecule has 130 valence electrons. The number of rotatable bonds is 3. The summed E-state index contributed by atoms with van der Waals surface area (Å²) in [4.78, 5) is 18.9. The van der Waals surface area contributed by atoms with E-state index in [1.54, 1.807) is 6.07 Å². The molecule has 2 aromatic heterocycles. The van der Waals surface area contributed by atoms with Crippen LogP contribution in [0.5, 0.6) is 0 Å². The number of nitrogens with zero attached hydrogens (tertiary/aromatic N) is 4. The van der Waals surface area contributed by atoms with Crippen molar-refractivity contribution in [1.82, 2.24) is 19.6 Å². The van der Waals surface area contributed by atoms with E-state index in [1.807, 2.05) is 31.3 Å². The van der Waals surface area contributed by atoms with Crippen LogP contribution in [0.3, 0.4) is 0 Å². The average molecular weight is 403 g/mol. The van der Waals surface area contributed by atoms with Crippen LogP contribution in [0.25, 0.3) is 10.9 Å². The highest BCUT2D eigenvalue weighted by Gasteiger charge is 2.25. The quantitative estimate of drug-likeness (QED) is 0.672. The van der Waals surface area contributed by atoms with Gasteiger partial charge in [-0.05, 0) is 47.8 Å². The molecule has 0 radical (unpaired) electrons. The molecule has 3 aromatic rings. The average Bonchev–Trinajstić information content (AvgIpc) is 3.05. The fraction of sp³-hybridized carbons (Fsp3) is 0.389. The van der Waals surface area contributed by atoms with Gasteiger partial charge in [0.25, 0.3) is 0 Å². The number of likely N-dealkylation sites (tertiary alicyclic amines) is 1. The number of hydrogen-bond donors (Lipinski definition) is 0. The summed E-state index contributed by atoms with van der Waals surface area (Å²) < 4.78 is 8.40. The Balaban J connectivity index is 1.52. The van der Waals surface area contributed by atoms with Gasteiger partial charge in [-0.25, -0.2) is 0 Å². The van der Waals surface area contributed by atoms with Crippen molar-refractivity contribution in [2.75, 3.05) is 13.1 Å². The number of benzene rings is 1. The van der Waals surface area contributed by atoms with Crippen LogP contribution in [-0.4, -0.2) is 32.7 Å². The molecule has 1 aliphatic rings. The topological polar surface area (TPSA) is 64.2 Å². The third-order valence-corrected chi connectivity index (χ3v) is 5.42. The molecule has 7 heteroatoms. The molecule has 4 rings (SSSR count). The first-order chi connectivity index (χ1) is 12.1. The standard InChI is InChI=1S/C18H19BrN4O2/c1-12-20-18(25-21-12)13-5-8-22(9-6-13)11-23-10-7-16(24)14-3-2-4-15(19)17(14)23/h2-4,7,10,13H,5-6,8-9,11H2,1H3. The monoisotopic (exact) mass is 402 g/mol. The molecule has 3 heterocycles. The predicted molar refractivity (Wildman–Crippen MR) is 98.5 cm³/mol. The lowest BCUT2D eigenvalue weighted by Crippen LogP contribution is -2.35. The number of piperidine rings is 1. The Morgan fingerprint density at radius 2 is 2.08 bits per heavy atom. The van der Waals surface area contributed by atoms with Crippen molar-refractivity contribution in [3.63, 3.8) is 0 Å². The highest BCUT2D eigenvalue weighted by Crippen LogP contribution is 2.28. The fourth-order valence-corrected chi connectivity index (χ4v) is 4.06. The molecule has 0 spiro atoms. The summed E-state index contributed by atoms with van der Waals surface area (Å²) in [6.45, 7) is 4.53. The van der Waals surface area contributed by atoms with Gasteiger partial charge in [-0.1, -0.05) is 11.2 Å². The van der Waals surface area contributed by atoms with Crippen molar-refractivity contribution in [2.24, 2.45) is 0 Å². The molecule has 1 aromatic carbocycles. The second-order valence-corrected chi connectivity index (χ2v) is 7.35. The number of aromatic nitrogens is 3. The van der Waals surface area contributed by atoms with E-state index >= 15 is 0 Å². The van der Waals surface area contributed by atoms with Gasteiger partial charge in [0, 0.05) is 41.1 Å². The van der Waals surface area contributed by atoms with Gasteiger partial charge in [-0.3, -0.25) is 9.69 Å². The Labute approximate surface area is 153 Å². The van der Waals surface area contributed by atoms with Crippen LogP contribution in [-0.2, 0) is 6.67 Å². The molecule has 1 fully saturated rings. The smallest absolute Gasteiger partial charge is 0.229 e. The Morgan fingerprint density at radius 1 is 1.28 bits per heavy atom. The minimum Gasteiger partial charge on any atom is -0.339 e. The SMILES string of the molecule is Cc1noc(C2CCN(Cn3ccc(=O)c4cccc(Br)c43)CC2)n1. The molecule has 1 saturated heterocycles. The molecule has 0 atom stereocenters. The first kappa shape index (κ1) is 16.5. The second kappa shape index (κ2) is 6.72. The van der Waals surface area contributed by atoms with E-state index in [2.05, 4.69) is 35.5 Å². The summed E-state index contributed by atoms with van der Waals surface area (Å²) in [5.41, 5.74) is 1.00. The number of pyridine rings is 1. The summed E-state index contributed by atoms with van der Waals surface area (Å²) in [5.74, 6) is 1.80. The molecule has 0 aliphatic carbocycles. The number of hydrogen-bond acceptors (Lipinski definition) is 5. The first-order valence-corrected chi connectivity index (χ1v) is 9.21. The Kier molecular flexibility index (Phi) is 4.43. The molecular formula is C18H19BrN4O2. The molecule has 1 aliphatic heterocycles. The van der Waals surface area contributed by atoms with Gasteiger partial charge in [0.2, 0.25) is 5.89 Å². The largest absolute Gasteiger partial charge is 0.339 e. The molecule has 0 amide bonds. The van der Waals surface area contributed by atoms with E-state index in [0.29, 0.717) is 11.7 Å². The lowest BCUT2D eigenvalue weighted by atomic mass is 9.97. The summed E-state index contributed by atoms with van der Waals surface area (Å²) in [6, 6.07) is 7.39. The molecular weight excluding hydrogens is 384 g/mol. The lowest BCUT2D eigenvalue weighted by molar-refractivity contribution is 0.160. The van der Waals surface area contributed by atoms with Gasteiger partial charge >= 0.3 is 0 Å². The zero-order valence-corrected chi connectivity index (χ0v) is 15.6. The van der Waals surface area contributed by atoms with E-state index in [-0.39, 0.29) is 5.43 Å². The maximum Gasteiger partial charge on any atom is 0.229 e. The van der Waals surface area contributed by atoms with Gasteiger partial charge < -0.3 is 9.09 Å². The number of para-hydroxylation sites is 1. The van der Waals surface area contributed by atoms with Crippen LogP contribution < -0.4 is 5.43 Å². The van der Waals surface area contributed by atoms with E-state index in [0.717, 1.165) is 53.9 Å². The number of aryl methyl sites for hydroxylation is 1. The van der Waals surface area contributed by atoms with Crippen molar-refractivity contribution in [3.8, 4) is 0 Å². The van der Waals surface area contributed by atoms with Crippen LogP contribution in [0.1, 0.15) is 30.5 Å². The summed E-state index contributed by atoms with van der Waals surface area (Å²) in [6.07, 6.45) is 3.88. The Bertz CT molecular complexity index is 957. The van der Waals surface area contributed by atoms with Crippen molar-refractivity contribution in [2.45, 2.75) is 32.4 Å². The molecule has 0 unspecified atom stereocenters. The van der Waals surface area contributed by atoms with Gasteiger partial charge in [0.15, 0.2) is 11.3 Å². The number of halogens is 1. The zero-order chi connectivity index (χ0) is 17.4. The molecule has 0 saturated carbocycles. The summed E-state index contributed by atoms with van der Waals surface area (Å²) in [7, 11) is 0. The Morgan fingerprint density at radius 3 is 2.80 bits per heavy atom. The van der Waals surface area contributed by atoms with E-state index in [1.165, 1.54) is 0 Å². The van der Waals surface area contributed by atoms with Gasteiger partial charge in [0.1, 0.15) is 0 Å². The molecule has 6 nitrogen and oxygen atoms in total. The summed E-state index contributed by atoms with van der Waals surface area (Å²) in [5, 5.41) is 4.64. The molecule has 25 heavy (non-hydrogen) atoms. The van der Waals surface area contributed by atoms with Crippen LogP contribution in [0.2, 0.25) is 0 Å². The second-order valence-electron chi connectivity index (χ2n) is 6.50. The summed E-state index contributed by atoms with van der Waals surface area (Å²) >= 11 is 3.58. The third kappa shape index (κ3) is 3.26. The maximum atomic E-state index is 12.1. The van der Waals surface area contributed by atoms with Gasteiger partial charge in [0.05, 0.1) is 12.2 Å². The van der Waals surface area contributed by atoms with Gasteiger partial charge in [-0.15, -0.1) is 0 Å². The van der Waals surface area contributed by atoms with Crippen molar-refractivity contribution >= 4 is 26.8 Å². The normalized spacial score (nSPS) is 16.6. The van der Waals surface area contributed by atoms with E-state index in [4.69, 9.17) is 4.52 Å². The highest BCUT2D eigenvalue weighted by atomic mass is 79.9. The predicted octanol–water partition coefficient (Wildman–Crippen LogP) is 3.29. The van der Waals surface area contributed by atoms with E-state index < -0.39 is 0 Å². The maximum absolute atomic E-state index is 12.1. The van der Waals surface area contributed by atoms with Crippen LogP contribution in [0.4, 0.5) is 0 Å². The van der Waals surface area contributed by atoms with E-state index in [9.17, 15) is 4.79 Å². The minimum atomic E-state index is 0.0537. The molecule has 0 bridgehead atoms. The van der Waals surface area contributed by atoms with Crippen molar-refractivity contribution in [1.29, 1.82) is 0 Å².